The summed E-state index contributed by atoms with van der Waals surface area (Å²) in [5, 5.41) is 0. The highest BCUT2D eigenvalue weighted by atomic mass is 16.5. The second-order valence-corrected chi connectivity index (χ2v) is 7.90. The first-order valence-electron chi connectivity index (χ1n) is 10.6. The number of hydrogen-bond donors (Lipinski definition) is 1. The summed E-state index contributed by atoms with van der Waals surface area (Å²) in [4.78, 5) is 16.2. The second-order valence-electron chi connectivity index (χ2n) is 7.90. The van der Waals surface area contributed by atoms with Crippen LogP contribution in [0.2, 0.25) is 0 Å². The first-order chi connectivity index (χ1) is 15.1. The van der Waals surface area contributed by atoms with Crippen LogP contribution in [-0.2, 0) is 13.2 Å². The lowest BCUT2D eigenvalue weighted by Crippen LogP contribution is -3.13. The average Bonchev–Trinajstić information content (AvgIpc) is 2.80. The molecule has 1 N–H and O–H groups in total. The molecular weight excluding hydrogens is 392 g/mol. The van der Waals surface area contributed by atoms with Crippen LogP contribution in [0.25, 0.3) is 0 Å². The molecule has 1 fully saturated rings. The van der Waals surface area contributed by atoms with E-state index in [0.29, 0.717) is 18.9 Å². The van der Waals surface area contributed by atoms with Gasteiger partial charge in [0.2, 0.25) is 11.2 Å². The number of nitrogens with zero attached hydrogens (tertiary/aromatic N) is 1. The van der Waals surface area contributed by atoms with Gasteiger partial charge in [-0.2, -0.15) is 0 Å². The number of benzene rings is 2. The van der Waals surface area contributed by atoms with Crippen molar-refractivity contribution in [1.29, 1.82) is 0 Å². The smallest absolute Gasteiger partial charge is 0.227 e. The lowest BCUT2D eigenvalue weighted by Gasteiger charge is -2.33. The van der Waals surface area contributed by atoms with Gasteiger partial charge < -0.3 is 23.7 Å². The van der Waals surface area contributed by atoms with Crippen LogP contribution < -0.4 is 24.7 Å². The predicted molar refractivity (Wildman–Crippen MR) is 120 cm³/mol. The summed E-state index contributed by atoms with van der Waals surface area (Å²) in [6.45, 7) is 6.98. The molecule has 0 bridgehead atoms. The molecule has 4 rings (SSSR count). The monoisotopic (exact) mass is 421 g/mol. The molecule has 0 atom stereocenters. The fraction of sp³-hybridized carbons (Fsp3) is 0.320. The molecule has 6 nitrogen and oxygen atoms in total. The Morgan fingerprint density at radius 2 is 1.81 bits per heavy atom. The lowest BCUT2D eigenvalue weighted by molar-refractivity contribution is -0.915. The maximum Gasteiger partial charge on any atom is 0.227 e. The quantitative estimate of drug-likeness (QED) is 0.635. The van der Waals surface area contributed by atoms with Gasteiger partial charge in [0.25, 0.3) is 0 Å². The molecule has 0 saturated carbocycles. The minimum absolute atomic E-state index is 0.133. The van der Waals surface area contributed by atoms with Crippen molar-refractivity contribution in [2.45, 2.75) is 20.1 Å². The van der Waals surface area contributed by atoms with E-state index in [2.05, 4.69) is 17.0 Å². The van der Waals surface area contributed by atoms with Crippen LogP contribution in [-0.4, -0.2) is 33.3 Å². The lowest BCUT2D eigenvalue weighted by atomic mass is 10.1. The van der Waals surface area contributed by atoms with Crippen LogP contribution in [0.4, 0.5) is 5.69 Å². The molecule has 1 aliphatic heterocycles. The molecule has 31 heavy (non-hydrogen) atoms. The van der Waals surface area contributed by atoms with E-state index >= 15 is 0 Å². The molecule has 1 saturated heterocycles. The van der Waals surface area contributed by atoms with Crippen LogP contribution in [0.15, 0.2) is 70.1 Å². The van der Waals surface area contributed by atoms with E-state index in [0.717, 1.165) is 43.1 Å². The Bertz CT molecular complexity index is 1050. The number of nitrogens with one attached hydrogen (secondary N) is 1. The van der Waals surface area contributed by atoms with Gasteiger partial charge in [-0.3, -0.25) is 4.79 Å². The van der Waals surface area contributed by atoms with E-state index < -0.39 is 0 Å². The van der Waals surface area contributed by atoms with E-state index in [1.807, 2.05) is 43.3 Å². The van der Waals surface area contributed by atoms with Crippen molar-refractivity contribution in [2.24, 2.45) is 0 Å². The number of anilines is 1. The van der Waals surface area contributed by atoms with Gasteiger partial charge in [-0.1, -0.05) is 24.3 Å². The summed E-state index contributed by atoms with van der Waals surface area (Å²) < 4.78 is 16.7. The summed E-state index contributed by atoms with van der Waals surface area (Å²) in [5.74, 6) is 1.82. The summed E-state index contributed by atoms with van der Waals surface area (Å²) >= 11 is 0. The van der Waals surface area contributed by atoms with Crippen molar-refractivity contribution in [2.75, 3.05) is 38.2 Å². The zero-order valence-corrected chi connectivity index (χ0v) is 18.1. The Labute approximate surface area is 182 Å². The van der Waals surface area contributed by atoms with E-state index in [1.165, 1.54) is 16.9 Å². The number of rotatable bonds is 7. The molecule has 3 aromatic rings. The second kappa shape index (κ2) is 9.71. The van der Waals surface area contributed by atoms with Crippen molar-refractivity contribution in [3.8, 4) is 11.5 Å². The fourth-order valence-electron chi connectivity index (χ4n) is 3.86. The van der Waals surface area contributed by atoms with Gasteiger partial charge in [-0.25, -0.2) is 0 Å². The fourth-order valence-corrected chi connectivity index (χ4v) is 3.86. The van der Waals surface area contributed by atoms with Crippen molar-refractivity contribution in [3.63, 3.8) is 0 Å². The summed E-state index contributed by atoms with van der Waals surface area (Å²) in [6, 6.07) is 17.7. The normalized spacial score (nSPS) is 14.5. The summed E-state index contributed by atoms with van der Waals surface area (Å²) in [6.07, 6.45) is 1.45. The topological polar surface area (TPSA) is 56.4 Å². The summed E-state index contributed by atoms with van der Waals surface area (Å²) in [5.41, 5.74) is 3.28. The summed E-state index contributed by atoms with van der Waals surface area (Å²) in [7, 11) is 1.68. The molecule has 0 radical (unpaired) electrons. The molecule has 0 aliphatic carbocycles. The average molecular weight is 422 g/mol. The van der Waals surface area contributed by atoms with Crippen molar-refractivity contribution < 1.29 is 18.8 Å². The maximum absolute atomic E-state index is 12.5. The molecule has 2 heterocycles. The van der Waals surface area contributed by atoms with Gasteiger partial charge in [-0.15, -0.1) is 0 Å². The minimum Gasteiger partial charge on any atom is -0.497 e. The third kappa shape index (κ3) is 5.27. The number of quaternary nitrogens is 1. The van der Waals surface area contributed by atoms with Crippen LogP contribution in [0, 0.1) is 6.92 Å². The molecule has 0 amide bonds. The molecule has 0 spiro atoms. The zero-order chi connectivity index (χ0) is 21.6. The van der Waals surface area contributed by atoms with E-state index in [4.69, 9.17) is 13.9 Å². The number of aryl methyl sites for hydroxylation is 1. The molecule has 162 valence electrons. The first kappa shape index (κ1) is 21.0. The number of piperazine rings is 1. The maximum atomic E-state index is 12.5. The molecule has 1 aromatic heterocycles. The largest absolute Gasteiger partial charge is 0.497 e. The Hall–Kier alpha value is -3.25. The van der Waals surface area contributed by atoms with Crippen LogP contribution in [0.1, 0.15) is 16.9 Å². The van der Waals surface area contributed by atoms with Crippen LogP contribution >= 0.6 is 0 Å². The van der Waals surface area contributed by atoms with Crippen LogP contribution in [0.5, 0.6) is 11.5 Å². The molecule has 0 unspecified atom stereocenters. The van der Waals surface area contributed by atoms with E-state index in [9.17, 15) is 4.79 Å². The van der Waals surface area contributed by atoms with Crippen molar-refractivity contribution in [1.82, 2.24) is 0 Å². The SMILES string of the molecule is COc1ccc(N2CC[NH+](Cc3cc(=O)c(OCc4ccccc4C)co3)CC2)cc1. The van der Waals surface area contributed by atoms with Gasteiger partial charge in [-0.05, 0) is 42.3 Å². The van der Waals surface area contributed by atoms with Crippen molar-refractivity contribution in [3.05, 3.63) is 88.0 Å². The highest BCUT2D eigenvalue weighted by molar-refractivity contribution is 5.49. The van der Waals surface area contributed by atoms with Gasteiger partial charge >= 0.3 is 0 Å². The third-order valence-electron chi connectivity index (χ3n) is 5.83. The predicted octanol–water partition coefficient (Wildman–Crippen LogP) is 2.44. The number of hydrogen-bond acceptors (Lipinski definition) is 5. The molecule has 6 heteroatoms. The highest BCUT2D eigenvalue weighted by Gasteiger charge is 2.21. The Kier molecular flexibility index (Phi) is 6.57. The Morgan fingerprint density at radius 1 is 1.06 bits per heavy atom. The van der Waals surface area contributed by atoms with E-state index in [-0.39, 0.29) is 11.2 Å². The number of ether oxygens (including phenoxy) is 2. The number of methoxy groups -OCH3 is 1. The Morgan fingerprint density at radius 3 is 2.48 bits per heavy atom. The zero-order valence-electron chi connectivity index (χ0n) is 18.1. The third-order valence-corrected chi connectivity index (χ3v) is 5.83. The van der Waals surface area contributed by atoms with Gasteiger partial charge in [0.15, 0.2) is 5.76 Å². The Balaban J connectivity index is 1.30. The standard InChI is InChI=1S/C25H28N2O4/c1-19-5-3-4-6-20(19)17-31-25-18-30-23(15-24(25)28)16-26-11-13-27(14-12-26)21-7-9-22(29-2)10-8-21/h3-10,15,18H,11-14,16-17H2,1-2H3/p+1. The molecule has 1 aliphatic rings. The highest BCUT2D eigenvalue weighted by Crippen LogP contribution is 2.19. The minimum atomic E-state index is -0.133. The van der Waals surface area contributed by atoms with Gasteiger partial charge in [0.1, 0.15) is 25.2 Å². The molecular formula is C25H29N2O4+. The van der Waals surface area contributed by atoms with Gasteiger partial charge in [0, 0.05) is 11.8 Å². The van der Waals surface area contributed by atoms with Crippen molar-refractivity contribution >= 4 is 5.69 Å². The molecule has 2 aromatic carbocycles. The first-order valence-corrected chi connectivity index (χ1v) is 10.6. The van der Waals surface area contributed by atoms with Gasteiger partial charge in [0.05, 0.1) is 33.3 Å². The van der Waals surface area contributed by atoms with E-state index in [1.54, 1.807) is 13.2 Å². The van der Waals surface area contributed by atoms with Crippen LogP contribution in [0.3, 0.4) is 0 Å².